The van der Waals surface area contributed by atoms with Crippen molar-refractivity contribution in [3.05, 3.63) is 55.0 Å². The number of rotatable bonds is 2. The van der Waals surface area contributed by atoms with E-state index in [1.807, 2.05) is 43.6 Å². The molecule has 0 fully saturated rings. The SMILES string of the molecule is C=Cn1ncc(-c2ccnc3ccccc23)c1C. The summed E-state index contributed by atoms with van der Waals surface area (Å²) in [4.78, 5) is 4.38. The van der Waals surface area contributed by atoms with Gasteiger partial charge in [0.2, 0.25) is 0 Å². The number of pyridine rings is 1. The molecule has 0 unspecified atom stereocenters. The largest absolute Gasteiger partial charge is 0.256 e. The first-order chi connectivity index (χ1) is 8.81. The van der Waals surface area contributed by atoms with E-state index in [1.54, 1.807) is 10.9 Å². The third kappa shape index (κ3) is 1.52. The molecule has 88 valence electrons. The van der Waals surface area contributed by atoms with Gasteiger partial charge in [0.25, 0.3) is 0 Å². The average Bonchev–Trinajstić information content (AvgIpc) is 2.79. The minimum absolute atomic E-state index is 1.00. The third-order valence-electron chi connectivity index (χ3n) is 3.16. The van der Waals surface area contributed by atoms with Gasteiger partial charge in [0.05, 0.1) is 11.7 Å². The van der Waals surface area contributed by atoms with Crippen LogP contribution in [-0.4, -0.2) is 14.8 Å². The lowest BCUT2D eigenvalue weighted by Gasteiger charge is -2.05. The highest BCUT2D eigenvalue weighted by molar-refractivity contribution is 5.94. The number of fused-ring (bicyclic) bond motifs is 1. The molecule has 0 aliphatic rings. The molecule has 3 rings (SSSR count). The fourth-order valence-electron chi connectivity index (χ4n) is 2.20. The van der Waals surface area contributed by atoms with E-state index >= 15 is 0 Å². The number of nitrogens with zero attached hydrogens (tertiary/aromatic N) is 3. The van der Waals surface area contributed by atoms with E-state index in [4.69, 9.17) is 0 Å². The molecular formula is C15H13N3. The highest BCUT2D eigenvalue weighted by Crippen LogP contribution is 2.29. The fraction of sp³-hybridized carbons (Fsp3) is 0.0667. The summed E-state index contributed by atoms with van der Waals surface area (Å²) < 4.78 is 1.78. The van der Waals surface area contributed by atoms with Crippen molar-refractivity contribution in [2.75, 3.05) is 0 Å². The predicted molar refractivity (Wildman–Crippen MR) is 74.1 cm³/mol. The first-order valence-corrected chi connectivity index (χ1v) is 5.82. The summed E-state index contributed by atoms with van der Waals surface area (Å²) in [6.45, 7) is 5.79. The average molecular weight is 235 g/mol. The van der Waals surface area contributed by atoms with Crippen molar-refractivity contribution in [1.29, 1.82) is 0 Å². The summed E-state index contributed by atoms with van der Waals surface area (Å²) in [6, 6.07) is 10.2. The summed E-state index contributed by atoms with van der Waals surface area (Å²) in [5, 5.41) is 5.44. The second-order valence-electron chi connectivity index (χ2n) is 4.15. The van der Waals surface area contributed by atoms with Crippen LogP contribution < -0.4 is 0 Å². The van der Waals surface area contributed by atoms with Crippen LogP contribution in [0.3, 0.4) is 0 Å². The van der Waals surface area contributed by atoms with Crippen LogP contribution in [0.5, 0.6) is 0 Å². The lowest BCUT2D eigenvalue weighted by atomic mass is 10.0. The smallest absolute Gasteiger partial charge is 0.0708 e. The molecule has 0 spiro atoms. The van der Waals surface area contributed by atoms with Crippen LogP contribution in [0.2, 0.25) is 0 Å². The van der Waals surface area contributed by atoms with E-state index in [-0.39, 0.29) is 0 Å². The van der Waals surface area contributed by atoms with Crippen molar-refractivity contribution in [2.24, 2.45) is 0 Å². The van der Waals surface area contributed by atoms with Gasteiger partial charge in [0.15, 0.2) is 0 Å². The molecule has 0 radical (unpaired) electrons. The summed E-state index contributed by atoms with van der Waals surface area (Å²) >= 11 is 0. The van der Waals surface area contributed by atoms with Crippen LogP contribution >= 0.6 is 0 Å². The molecule has 0 atom stereocenters. The van der Waals surface area contributed by atoms with Crippen molar-refractivity contribution in [2.45, 2.75) is 6.92 Å². The number of benzene rings is 1. The van der Waals surface area contributed by atoms with Crippen LogP contribution in [0.4, 0.5) is 0 Å². The van der Waals surface area contributed by atoms with Crippen LogP contribution in [-0.2, 0) is 0 Å². The van der Waals surface area contributed by atoms with Crippen molar-refractivity contribution in [3.8, 4) is 11.1 Å². The molecular weight excluding hydrogens is 222 g/mol. The molecule has 3 aromatic rings. The van der Waals surface area contributed by atoms with Gasteiger partial charge in [0.1, 0.15) is 0 Å². The van der Waals surface area contributed by atoms with Gasteiger partial charge >= 0.3 is 0 Å². The van der Waals surface area contributed by atoms with E-state index in [0.717, 1.165) is 27.7 Å². The zero-order valence-corrected chi connectivity index (χ0v) is 10.2. The number of hydrogen-bond donors (Lipinski definition) is 0. The summed E-state index contributed by atoms with van der Waals surface area (Å²) in [5.41, 5.74) is 4.36. The highest BCUT2D eigenvalue weighted by atomic mass is 15.3. The molecule has 2 heterocycles. The van der Waals surface area contributed by atoms with Crippen LogP contribution in [0.15, 0.2) is 49.3 Å². The quantitative estimate of drug-likeness (QED) is 0.680. The van der Waals surface area contributed by atoms with Gasteiger partial charge in [-0.3, -0.25) is 4.98 Å². The number of para-hydroxylation sites is 1. The zero-order valence-electron chi connectivity index (χ0n) is 10.2. The van der Waals surface area contributed by atoms with Gasteiger partial charge in [-0.25, -0.2) is 4.68 Å². The fourth-order valence-corrected chi connectivity index (χ4v) is 2.20. The topological polar surface area (TPSA) is 30.7 Å². The van der Waals surface area contributed by atoms with Crippen LogP contribution in [0, 0.1) is 6.92 Å². The van der Waals surface area contributed by atoms with Gasteiger partial charge in [0, 0.05) is 29.0 Å². The van der Waals surface area contributed by atoms with Crippen molar-refractivity contribution in [3.63, 3.8) is 0 Å². The van der Waals surface area contributed by atoms with Crippen LogP contribution in [0.1, 0.15) is 5.69 Å². The molecule has 0 saturated heterocycles. The standard InChI is InChI=1S/C15H13N3/c1-3-18-11(2)14(10-17-18)12-8-9-16-15-7-5-4-6-13(12)15/h3-10H,1H2,2H3. The van der Waals surface area contributed by atoms with Gasteiger partial charge in [-0.15, -0.1) is 0 Å². The lowest BCUT2D eigenvalue weighted by Crippen LogP contribution is -1.91. The summed E-state index contributed by atoms with van der Waals surface area (Å²) in [6.07, 6.45) is 5.42. The Bertz CT molecular complexity index is 720. The lowest BCUT2D eigenvalue weighted by molar-refractivity contribution is 0.899. The Kier molecular flexibility index (Phi) is 2.45. The molecule has 0 N–H and O–H groups in total. The predicted octanol–water partition coefficient (Wildman–Crippen LogP) is 3.51. The Balaban J connectivity index is 2.31. The Morgan fingerprint density at radius 2 is 2.00 bits per heavy atom. The minimum Gasteiger partial charge on any atom is -0.256 e. The Morgan fingerprint density at radius 1 is 1.17 bits per heavy atom. The molecule has 0 aliphatic carbocycles. The molecule has 2 aromatic heterocycles. The molecule has 0 aliphatic heterocycles. The maximum Gasteiger partial charge on any atom is 0.0708 e. The number of aromatic nitrogens is 3. The molecule has 0 amide bonds. The van der Waals surface area contributed by atoms with Gasteiger partial charge < -0.3 is 0 Å². The van der Waals surface area contributed by atoms with Crippen molar-refractivity contribution < 1.29 is 0 Å². The molecule has 1 aromatic carbocycles. The van der Waals surface area contributed by atoms with Crippen molar-refractivity contribution >= 4 is 17.1 Å². The monoisotopic (exact) mass is 235 g/mol. The van der Waals surface area contributed by atoms with Gasteiger partial charge in [-0.05, 0) is 24.6 Å². The zero-order chi connectivity index (χ0) is 12.5. The maximum absolute atomic E-state index is 4.38. The first-order valence-electron chi connectivity index (χ1n) is 5.82. The molecule has 0 saturated carbocycles. The molecule has 3 heteroatoms. The van der Waals surface area contributed by atoms with E-state index < -0.39 is 0 Å². The molecule has 3 nitrogen and oxygen atoms in total. The number of hydrogen-bond acceptors (Lipinski definition) is 2. The third-order valence-corrected chi connectivity index (χ3v) is 3.16. The second-order valence-corrected chi connectivity index (χ2v) is 4.15. The highest BCUT2D eigenvalue weighted by Gasteiger charge is 2.10. The Morgan fingerprint density at radius 3 is 2.78 bits per heavy atom. The molecule has 18 heavy (non-hydrogen) atoms. The first kappa shape index (κ1) is 10.7. The van der Waals surface area contributed by atoms with Gasteiger partial charge in [-0.2, -0.15) is 5.10 Å². The Hall–Kier alpha value is -2.42. The van der Waals surface area contributed by atoms with E-state index in [0.29, 0.717) is 0 Å². The van der Waals surface area contributed by atoms with E-state index in [9.17, 15) is 0 Å². The van der Waals surface area contributed by atoms with Crippen LogP contribution in [0.25, 0.3) is 28.2 Å². The van der Waals surface area contributed by atoms with Gasteiger partial charge in [-0.1, -0.05) is 24.8 Å². The Labute approximate surface area is 105 Å². The second kappa shape index (κ2) is 4.11. The summed E-state index contributed by atoms with van der Waals surface area (Å²) in [7, 11) is 0. The maximum atomic E-state index is 4.38. The molecule has 0 bridgehead atoms. The normalized spacial score (nSPS) is 10.7. The van der Waals surface area contributed by atoms with E-state index in [2.05, 4.69) is 22.7 Å². The van der Waals surface area contributed by atoms with Crippen molar-refractivity contribution in [1.82, 2.24) is 14.8 Å². The summed E-state index contributed by atoms with van der Waals surface area (Å²) in [5.74, 6) is 0. The minimum atomic E-state index is 1.00. The van der Waals surface area contributed by atoms with E-state index in [1.165, 1.54) is 0 Å².